The second-order valence-corrected chi connectivity index (χ2v) is 7.28. The Morgan fingerprint density at radius 1 is 0.586 bits per heavy atom. The molecule has 0 N–H and O–H groups in total. The second-order valence-electron chi connectivity index (χ2n) is 7.28. The molecule has 0 radical (unpaired) electrons. The van der Waals surface area contributed by atoms with E-state index in [1.807, 2.05) is 60.7 Å². The standard InChI is InChI=1S/C26H15NO2/c28-27-26-20-8-4-3-5-16(20)9-11-21(26)19-10-12-22-23-13-17-6-1-2-7-18(17)14-25(23)29-24(22)15-19/h1-15H. The lowest BCUT2D eigenvalue weighted by atomic mass is 9.97. The van der Waals surface area contributed by atoms with Gasteiger partial charge < -0.3 is 4.42 Å². The number of hydrogen-bond acceptors (Lipinski definition) is 3. The lowest BCUT2D eigenvalue weighted by Crippen LogP contribution is -1.82. The van der Waals surface area contributed by atoms with Crippen LogP contribution in [0, 0.1) is 4.91 Å². The first-order valence-corrected chi connectivity index (χ1v) is 9.52. The summed E-state index contributed by atoms with van der Waals surface area (Å²) < 4.78 is 6.17. The third-order valence-electron chi connectivity index (χ3n) is 5.64. The SMILES string of the molecule is O=Nc1c(-c2ccc3c(c2)oc2cc4ccccc4cc23)ccc2ccccc12. The third kappa shape index (κ3) is 2.38. The maximum Gasteiger partial charge on any atom is 0.136 e. The summed E-state index contributed by atoms with van der Waals surface area (Å²) >= 11 is 0. The zero-order valence-corrected chi connectivity index (χ0v) is 15.4. The average molecular weight is 373 g/mol. The van der Waals surface area contributed by atoms with E-state index in [2.05, 4.69) is 35.5 Å². The molecule has 6 aromatic rings. The van der Waals surface area contributed by atoms with Crippen molar-refractivity contribution >= 4 is 49.2 Å². The Kier molecular flexibility index (Phi) is 3.32. The molecule has 5 aromatic carbocycles. The van der Waals surface area contributed by atoms with Crippen molar-refractivity contribution in [2.24, 2.45) is 5.18 Å². The highest BCUT2D eigenvalue weighted by Gasteiger charge is 2.14. The molecular formula is C26H15NO2. The quantitative estimate of drug-likeness (QED) is 0.289. The van der Waals surface area contributed by atoms with Gasteiger partial charge in [0.25, 0.3) is 0 Å². The van der Waals surface area contributed by atoms with Gasteiger partial charge in [-0.1, -0.05) is 66.7 Å². The van der Waals surface area contributed by atoms with Gasteiger partial charge in [-0.2, -0.15) is 0 Å². The normalized spacial score (nSPS) is 11.6. The van der Waals surface area contributed by atoms with E-state index in [0.717, 1.165) is 49.2 Å². The maximum atomic E-state index is 11.7. The van der Waals surface area contributed by atoms with Crippen LogP contribution in [0.15, 0.2) is 101 Å². The number of benzene rings is 5. The van der Waals surface area contributed by atoms with Crippen LogP contribution in [0.25, 0.3) is 54.6 Å². The molecule has 3 heteroatoms. The van der Waals surface area contributed by atoms with Crippen molar-refractivity contribution in [1.82, 2.24) is 0 Å². The van der Waals surface area contributed by atoms with Crippen molar-refractivity contribution in [1.29, 1.82) is 0 Å². The van der Waals surface area contributed by atoms with E-state index in [9.17, 15) is 4.91 Å². The fraction of sp³-hybridized carbons (Fsp3) is 0. The smallest absolute Gasteiger partial charge is 0.136 e. The predicted octanol–water partition coefficient (Wildman–Crippen LogP) is 7.96. The van der Waals surface area contributed by atoms with Crippen LogP contribution in [0.1, 0.15) is 0 Å². The van der Waals surface area contributed by atoms with Crippen molar-refractivity contribution < 1.29 is 4.42 Å². The van der Waals surface area contributed by atoms with Crippen molar-refractivity contribution in [2.75, 3.05) is 0 Å². The summed E-state index contributed by atoms with van der Waals surface area (Å²) in [5.41, 5.74) is 3.86. The summed E-state index contributed by atoms with van der Waals surface area (Å²) in [7, 11) is 0. The third-order valence-corrected chi connectivity index (χ3v) is 5.64. The average Bonchev–Trinajstić information content (AvgIpc) is 3.13. The highest BCUT2D eigenvalue weighted by atomic mass is 16.3. The van der Waals surface area contributed by atoms with Gasteiger partial charge in [0.15, 0.2) is 0 Å². The van der Waals surface area contributed by atoms with Crippen molar-refractivity contribution in [2.45, 2.75) is 0 Å². The van der Waals surface area contributed by atoms with Crippen LogP contribution in [0.5, 0.6) is 0 Å². The van der Waals surface area contributed by atoms with E-state index in [0.29, 0.717) is 5.69 Å². The summed E-state index contributed by atoms with van der Waals surface area (Å²) in [5.74, 6) is 0. The Hall–Kier alpha value is -3.98. The fourth-order valence-electron chi connectivity index (χ4n) is 4.22. The topological polar surface area (TPSA) is 42.6 Å². The summed E-state index contributed by atoms with van der Waals surface area (Å²) in [6.07, 6.45) is 0. The molecule has 0 bridgehead atoms. The van der Waals surface area contributed by atoms with E-state index in [-0.39, 0.29) is 0 Å². The van der Waals surface area contributed by atoms with E-state index >= 15 is 0 Å². The van der Waals surface area contributed by atoms with Gasteiger partial charge >= 0.3 is 0 Å². The summed E-state index contributed by atoms with van der Waals surface area (Å²) in [4.78, 5) is 11.7. The molecule has 1 aromatic heterocycles. The van der Waals surface area contributed by atoms with Gasteiger partial charge in [-0.25, -0.2) is 0 Å². The van der Waals surface area contributed by atoms with E-state index in [4.69, 9.17) is 4.42 Å². The number of rotatable bonds is 2. The fourth-order valence-corrected chi connectivity index (χ4v) is 4.22. The van der Waals surface area contributed by atoms with Crippen molar-refractivity contribution in [3.63, 3.8) is 0 Å². The lowest BCUT2D eigenvalue weighted by Gasteiger charge is -2.07. The first kappa shape index (κ1) is 16.0. The molecule has 0 unspecified atom stereocenters. The van der Waals surface area contributed by atoms with Gasteiger partial charge in [-0.05, 0) is 51.2 Å². The zero-order chi connectivity index (χ0) is 19.4. The molecule has 0 saturated carbocycles. The molecule has 0 fully saturated rings. The number of nitroso groups, excluding NO2 is 1. The lowest BCUT2D eigenvalue weighted by molar-refractivity contribution is 0.669. The summed E-state index contributed by atoms with van der Waals surface area (Å²) in [6, 6.07) is 30.4. The minimum atomic E-state index is 0.462. The van der Waals surface area contributed by atoms with Crippen LogP contribution in [-0.2, 0) is 0 Å². The van der Waals surface area contributed by atoms with E-state index in [1.54, 1.807) is 0 Å². The number of fused-ring (bicyclic) bond motifs is 5. The molecule has 0 atom stereocenters. The van der Waals surface area contributed by atoms with Crippen LogP contribution in [0.3, 0.4) is 0 Å². The molecule has 6 rings (SSSR count). The first-order chi connectivity index (χ1) is 14.3. The van der Waals surface area contributed by atoms with Crippen LogP contribution in [0.4, 0.5) is 5.69 Å². The van der Waals surface area contributed by atoms with Crippen LogP contribution >= 0.6 is 0 Å². The van der Waals surface area contributed by atoms with Gasteiger partial charge in [0.1, 0.15) is 16.9 Å². The van der Waals surface area contributed by atoms with Crippen molar-refractivity contribution in [3.05, 3.63) is 95.9 Å². The second kappa shape index (κ2) is 6.01. The monoisotopic (exact) mass is 373 g/mol. The number of furan rings is 1. The van der Waals surface area contributed by atoms with E-state index < -0.39 is 0 Å². The van der Waals surface area contributed by atoms with Gasteiger partial charge in [0.2, 0.25) is 0 Å². The van der Waals surface area contributed by atoms with Gasteiger partial charge in [-0.15, -0.1) is 4.91 Å². The molecule has 3 nitrogen and oxygen atoms in total. The summed E-state index contributed by atoms with van der Waals surface area (Å²) in [6.45, 7) is 0. The molecule has 136 valence electrons. The molecule has 1 heterocycles. The molecule has 0 amide bonds. The predicted molar refractivity (Wildman–Crippen MR) is 120 cm³/mol. The largest absolute Gasteiger partial charge is 0.456 e. The molecular weight excluding hydrogens is 358 g/mol. The highest BCUT2D eigenvalue weighted by molar-refractivity contribution is 6.11. The minimum Gasteiger partial charge on any atom is -0.456 e. The molecule has 29 heavy (non-hydrogen) atoms. The molecule has 0 aliphatic heterocycles. The number of nitrogens with zero attached hydrogens (tertiary/aromatic N) is 1. The van der Waals surface area contributed by atoms with Crippen LogP contribution in [0.2, 0.25) is 0 Å². The van der Waals surface area contributed by atoms with Gasteiger partial charge in [0.05, 0.1) is 0 Å². The Morgan fingerprint density at radius 2 is 1.31 bits per heavy atom. The minimum absolute atomic E-state index is 0.462. The van der Waals surface area contributed by atoms with Crippen LogP contribution < -0.4 is 0 Å². The van der Waals surface area contributed by atoms with Crippen LogP contribution in [-0.4, -0.2) is 0 Å². The molecule has 0 spiro atoms. The first-order valence-electron chi connectivity index (χ1n) is 9.52. The van der Waals surface area contributed by atoms with E-state index in [1.165, 1.54) is 5.39 Å². The molecule has 0 saturated heterocycles. The highest BCUT2D eigenvalue weighted by Crippen LogP contribution is 2.39. The maximum absolute atomic E-state index is 11.7. The Morgan fingerprint density at radius 3 is 2.14 bits per heavy atom. The van der Waals surface area contributed by atoms with Gasteiger partial charge in [0, 0.05) is 21.7 Å². The Bertz CT molecular complexity index is 1580. The Balaban J connectivity index is 1.61. The van der Waals surface area contributed by atoms with Crippen molar-refractivity contribution in [3.8, 4) is 11.1 Å². The number of hydrogen-bond donors (Lipinski definition) is 0. The zero-order valence-electron chi connectivity index (χ0n) is 15.4. The van der Waals surface area contributed by atoms with Gasteiger partial charge in [-0.3, -0.25) is 0 Å². The summed E-state index contributed by atoms with van der Waals surface area (Å²) in [5, 5.41) is 9.72. The molecule has 0 aliphatic carbocycles. The molecule has 0 aliphatic rings. The Labute approximate surface area is 166 Å².